The molecule has 7 heteroatoms. The zero-order chi connectivity index (χ0) is 17.6. The van der Waals surface area contributed by atoms with Crippen LogP contribution >= 0.6 is 0 Å². The lowest BCUT2D eigenvalue weighted by atomic mass is 10.2. The van der Waals surface area contributed by atoms with E-state index < -0.39 is 6.29 Å². The molecular formula is C18H23N3O4. The van der Waals surface area contributed by atoms with Crippen LogP contribution in [0.1, 0.15) is 37.6 Å². The lowest BCUT2D eigenvalue weighted by Gasteiger charge is -2.12. The normalized spacial score (nSPS) is 11.9. The van der Waals surface area contributed by atoms with Gasteiger partial charge in [0, 0.05) is 18.6 Å². The molecule has 134 valence electrons. The number of benzene rings is 1. The fourth-order valence-corrected chi connectivity index (χ4v) is 2.60. The van der Waals surface area contributed by atoms with E-state index in [-0.39, 0.29) is 0 Å². The first-order chi connectivity index (χ1) is 12.2. The molecule has 0 aliphatic rings. The van der Waals surface area contributed by atoms with Gasteiger partial charge in [-0.05, 0) is 33.0 Å². The Balaban J connectivity index is 1.61. The summed E-state index contributed by atoms with van der Waals surface area (Å²) in [7, 11) is 1.98. The van der Waals surface area contributed by atoms with Gasteiger partial charge in [-0.15, -0.1) is 0 Å². The second-order valence-electron chi connectivity index (χ2n) is 5.71. The second-order valence-corrected chi connectivity index (χ2v) is 5.71. The molecule has 0 bridgehead atoms. The summed E-state index contributed by atoms with van der Waals surface area (Å²) in [5, 5.41) is 5.11. The number of hydrogen-bond acceptors (Lipinski definition) is 7. The Morgan fingerprint density at radius 1 is 1.12 bits per heavy atom. The third-order valence-electron chi connectivity index (χ3n) is 3.64. The highest BCUT2D eigenvalue weighted by Gasteiger charge is 2.20. The number of hydrogen-bond donors (Lipinski definition) is 0. The molecule has 0 saturated heterocycles. The van der Waals surface area contributed by atoms with E-state index in [0.29, 0.717) is 38.0 Å². The SMILES string of the molecule is CCOC(OCC)c1nc(CN(C)Cc2cc3ccccc3o2)no1. The summed E-state index contributed by atoms with van der Waals surface area (Å²) in [5.41, 5.74) is 0.893. The van der Waals surface area contributed by atoms with Crippen LogP contribution in [0, 0.1) is 0 Å². The standard InChI is InChI=1S/C18H23N3O4/c1-4-22-18(23-5-2)17-19-16(20-25-17)12-21(3)11-14-10-13-8-6-7-9-15(13)24-14/h6-10,18H,4-5,11-12H2,1-3H3. The molecule has 3 rings (SSSR count). The molecule has 1 aromatic carbocycles. The first-order valence-electron chi connectivity index (χ1n) is 8.41. The maximum atomic E-state index is 5.84. The summed E-state index contributed by atoms with van der Waals surface area (Å²) in [6.07, 6.45) is -0.614. The number of ether oxygens (including phenoxy) is 2. The summed E-state index contributed by atoms with van der Waals surface area (Å²) in [6, 6.07) is 10.0. The summed E-state index contributed by atoms with van der Waals surface area (Å²) in [6.45, 7) is 5.99. The molecule has 2 heterocycles. The van der Waals surface area contributed by atoms with Crippen LogP contribution in [0.4, 0.5) is 0 Å². The second kappa shape index (κ2) is 8.24. The Morgan fingerprint density at radius 2 is 1.88 bits per heavy atom. The predicted octanol–water partition coefficient (Wildman–Crippen LogP) is 3.52. The number of rotatable bonds is 9. The van der Waals surface area contributed by atoms with Crippen molar-refractivity contribution >= 4 is 11.0 Å². The van der Waals surface area contributed by atoms with E-state index in [0.717, 1.165) is 16.7 Å². The van der Waals surface area contributed by atoms with Crippen LogP contribution in [-0.2, 0) is 22.6 Å². The quantitative estimate of drug-likeness (QED) is 0.549. The molecule has 0 atom stereocenters. The van der Waals surface area contributed by atoms with Crippen molar-refractivity contribution in [2.45, 2.75) is 33.2 Å². The van der Waals surface area contributed by atoms with Gasteiger partial charge in [0.25, 0.3) is 5.89 Å². The van der Waals surface area contributed by atoms with Gasteiger partial charge < -0.3 is 18.4 Å². The van der Waals surface area contributed by atoms with Gasteiger partial charge in [-0.2, -0.15) is 4.98 Å². The number of nitrogens with zero attached hydrogens (tertiary/aromatic N) is 3. The summed E-state index contributed by atoms with van der Waals surface area (Å²) < 4.78 is 22.0. The Bertz CT molecular complexity index is 759. The summed E-state index contributed by atoms with van der Waals surface area (Å²) in [5.74, 6) is 1.82. The van der Waals surface area contributed by atoms with Crippen molar-refractivity contribution < 1.29 is 18.4 Å². The average molecular weight is 345 g/mol. The number of aromatic nitrogens is 2. The maximum Gasteiger partial charge on any atom is 0.283 e. The zero-order valence-corrected chi connectivity index (χ0v) is 14.8. The molecule has 0 radical (unpaired) electrons. The summed E-state index contributed by atoms with van der Waals surface area (Å²) >= 11 is 0. The first-order valence-corrected chi connectivity index (χ1v) is 8.41. The number of fused-ring (bicyclic) bond motifs is 1. The van der Waals surface area contributed by atoms with Gasteiger partial charge in [-0.25, -0.2) is 0 Å². The first kappa shape index (κ1) is 17.6. The van der Waals surface area contributed by atoms with Crippen molar-refractivity contribution in [3.05, 3.63) is 47.8 Å². The van der Waals surface area contributed by atoms with E-state index in [2.05, 4.69) is 15.0 Å². The molecular weight excluding hydrogens is 322 g/mol. The van der Waals surface area contributed by atoms with Gasteiger partial charge in [-0.3, -0.25) is 4.90 Å². The zero-order valence-electron chi connectivity index (χ0n) is 14.8. The van der Waals surface area contributed by atoms with Gasteiger partial charge in [0.15, 0.2) is 5.82 Å². The van der Waals surface area contributed by atoms with Crippen molar-refractivity contribution in [1.29, 1.82) is 0 Å². The third kappa shape index (κ3) is 4.45. The van der Waals surface area contributed by atoms with Gasteiger partial charge in [0.2, 0.25) is 6.29 Å². The number of furan rings is 1. The molecule has 25 heavy (non-hydrogen) atoms. The van der Waals surface area contributed by atoms with Crippen molar-refractivity contribution in [2.75, 3.05) is 20.3 Å². The molecule has 0 aliphatic carbocycles. The minimum atomic E-state index is -0.614. The topological polar surface area (TPSA) is 73.8 Å². The molecule has 3 aromatic rings. The van der Waals surface area contributed by atoms with E-state index in [1.807, 2.05) is 51.2 Å². The van der Waals surface area contributed by atoms with Gasteiger partial charge in [0.1, 0.15) is 11.3 Å². The molecule has 2 aromatic heterocycles. The molecule has 0 spiro atoms. The largest absolute Gasteiger partial charge is 0.460 e. The highest BCUT2D eigenvalue weighted by Crippen LogP contribution is 2.21. The molecule has 0 fully saturated rings. The van der Waals surface area contributed by atoms with Crippen LogP contribution in [0.5, 0.6) is 0 Å². The smallest absolute Gasteiger partial charge is 0.283 e. The monoisotopic (exact) mass is 345 g/mol. The molecule has 0 aliphatic heterocycles. The molecule has 0 N–H and O–H groups in total. The minimum absolute atomic E-state index is 0.343. The van der Waals surface area contributed by atoms with E-state index >= 15 is 0 Å². The van der Waals surface area contributed by atoms with Crippen molar-refractivity contribution in [3.8, 4) is 0 Å². The van der Waals surface area contributed by atoms with Gasteiger partial charge >= 0.3 is 0 Å². The Morgan fingerprint density at radius 3 is 2.60 bits per heavy atom. The van der Waals surface area contributed by atoms with E-state index in [1.54, 1.807) is 0 Å². The average Bonchev–Trinajstić information content (AvgIpc) is 3.20. The van der Waals surface area contributed by atoms with Crippen LogP contribution in [0.3, 0.4) is 0 Å². The van der Waals surface area contributed by atoms with Crippen molar-refractivity contribution in [3.63, 3.8) is 0 Å². The van der Waals surface area contributed by atoms with Crippen molar-refractivity contribution in [2.24, 2.45) is 0 Å². The molecule has 0 amide bonds. The molecule has 0 saturated carbocycles. The van der Waals surface area contributed by atoms with Crippen LogP contribution in [0.15, 0.2) is 39.3 Å². The van der Waals surface area contributed by atoms with Crippen LogP contribution in [-0.4, -0.2) is 35.3 Å². The summed E-state index contributed by atoms with van der Waals surface area (Å²) in [4.78, 5) is 6.43. The lowest BCUT2D eigenvalue weighted by molar-refractivity contribution is -0.155. The third-order valence-corrected chi connectivity index (χ3v) is 3.64. The van der Waals surface area contributed by atoms with E-state index in [1.165, 1.54) is 0 Å². The van der Waals surface area contributed by atoms with E-state index in [4.69, 9.17) is 18.4 Å². The van der Waals surface area contributed by atoms with Crippen molar-refractivity contribution in [1.82, 2.24) is 15.0 Å². The van der Waals surface area contributed by atoms with Crippen LogP contribution < -0.4 is 0 Å². The van der Waals surface area contributed by atoms with E-state index in [9.17, 15) is 0 Å². The Hall–Kier alpha value is -2.22. The van der Waals surface area contributed by atoms with Crippen LogP contribution in [0.2, 0.25) is 0 Å². The van der Waals surface area contributed by atoms with Gasteiger partial charge in [0.05, 0.1) is 13.1 Å². The molecule has 0 unspecified atom stereocenters. The number of para-hydroxylation sites is 1. The lowest BCUT2D eigenvalue weighted by Crippen LogP contribution is -2.18. The Labute approximate surface area is 146 Å². The minimum Gasteiger partial charge on any atom is -0.460 e. The maximum absolute atomic E-state index is 5.84. The van der Waals surface area contributed by atoms with Gasteiger partial charge in [-0.1, -0.05) is 23.4 Å². The fourth-order valence-electron chi connectivity index (χ4n) is 2.60. The van der Waals surface area contributed by atoms with Crippen LogP contribution in [0.25, 0.3) is 11.0 Å². The molecule has 7 nitrogen and oxygen atoms in total. The highest BCUT2D eigenvalue weighted by atomic mass is 16.7. The Kier molecular flexibility index (Phi) is 5.80. The highest BCUT2D eigenvalue weighted by molar-refractivity contribution is 5.77. The predicted molar refractivity (Wildman–Crippen MR) is 91.7 cm³/mol. The fraction of sp³-hybridized carbons (Fsp3) is 0.444.